The predicted molar refractivity (Wildman–Crippen MR) is 115 cm³/mol. The Morgan fingerprint density at radius 3 is 2.73 bits per heavy atom. The fourth-order valence-corrected chi connectivity index (χ4v) is 4.57. The first-order chi connectivity index (χ1) is 15.8. The van der Waals surface area contributed by atoms with Crippen molar-refractivity contribution in [2.24, 2.45) is 0 Å². The molecule has 0 atom stereocenters. The first kappa shape index (κ1) is 21.4. The molecule has 0 bridgehead atoms. The SMILES string of the molecule is N#Cc1cc(C2=C(CC(F)(F)F)CCCc3c2ccc2n[nH]c(F)c32)ncc1NC1CNC1. The number of fused-ring (bicyclic) bond motifs is 3. The predicted octanol–water partition coefficient (Wildman–Crippen LogP) is 4.44. The molecular weight excluding hydrogens is 436 g/mol. The summed E-state index contributed by atoms with van der Waals surface area (Å²) in [5.41, 5.74) is 3.14. The van der Waals surface area contributed by atoms with Crippen molar-refractivity contribution in [2.45, 2.75) is 37.9 Å². The molecule has 0 spiro atoms. The Morgan fingerprint density at radius 2 is 2.03 bits per heavy atom. The second kappa shape index (κ2) is 8.15. The molecule has 1 aliphatic carbocycles. The van der Waals surface area contributed by atoms with E-state index in [4.69, 9.17) is 0 Å². The maximum atomic E-state index is 14.5. The summed E-state index contributed by atoms with van der Waals surface area (Å²) in [5, 5.41) is 22.6. The fraction of sp³-hybridized carbons (Fsp3) is 0.348. The van der Waals surface area contributed by atoms with E-state index in [0.29, 0.717) is 46.3 Å². The number of allylic oxidation sites excluding steroid dienone is 1. The number of aromatic amines is 1. The maximum absolute atomic E-state index is 14.5. The number of hydrogen-bond donors (Lipinski definition) is 3. The second-order valence-corrected chi connectivity index (χ2v) is 8.37. The van der Waals surface area contributed by atoms with Crippen LogP contribution in [0.15, 0.2) is 30.0 Å². The number of nitrogens with zero attached hydrogens (tertiary/aromatic N) is 3. The zero-order valence-corrected chi connectivity index (χ0v) is 17.5. The number of halogens is 4. The lowest BCUT2D eigenvalue weighted by molar-refractivity contribution is -0.127. The van der Waals surface area contributed by atoms with Gasteiger partial charge in [-0.3, -0.25) is 10.1 Å². The number of nitriles is 1. The van der Waals surface area contributed by atoms with Crippen LogP contribution in [0, 0.1) is 17.3 Å². The van der Waals surface area contributed by atoms with Crippen LogP contribution in [0.5, 0.6) is 0 Å². The number of aromatic nitrogens is 3. The molecular formula is C23H20F4N6. The van der Waals surface area contributed by atoms with Crippen molar-refractivity contribution in [1.29, 1.82) is 5.26 Å². The smallest absolute Gasteiger partial charge is 0.377 e. The summed E-state index contributed by atoms with van der Waals surface area (Å²) in [6.45, 7) is 1.51. The van der Waals surface area contributed by atoms with Gasteiger partial charge in [-0.05, 0) is 42.5 Å². The van der Waals surface area contributed by atoms with E-state index in [-0.39, 0.29) is 29.1 Å². The van der Waals surface area contributed by atoms with E-state index >= 15 is 0 Å². The second-order valence-electron chi connectivity index (χ2n) is 8.37. The number of H-pyrrole nitrogens is 1. The zero-order valence-electron chi connectivity index (χ0n) is 17.5. The number of aryl methyl sites for hydroxylation is 1. The molecule has 0 radical (unpaired) electrons. The van der Waals surface area contributed by atoms with Gasteiger partial charge in [0.1, 0.15) is 6.07 Å². The minimum absolute atomic E-state index is 0.167. The first-order valence-electron chi connectivity index (χ1n) is 10.7. The number of hydrogen-bond acceptors (Lipinski definition) is 5. The summed E-state index contributed by atoms with van der Waals surface area (Å²) >= 11 is 0. The lowest BCUT2D eigenvalue weighted by Crippen LogP contribution is -2.51. The van der Waals surface area contributed by atoms with Crippen LogP contribution in [0.1, 0.15) is 41.6 Å². The maximum Gasteiger partial charge on any atom is 0.392 e. The van der Waals surface area contributed by atoms with E-state index in [1.165, 1.54) is 12.3 Å². The Kier molecular flexibility index (Phi) is 5.29. The van der Waals surface area contributed by atoms with Gasteiger partial charge >= 0.3 is 6.18 Å². The molecule has 1 fully saturated rings. The fourth-order valence-electron chi connectivity index (χ4n) is 4.57. The van der Waals surface area contributed by atoms with E-state index in [1.807, 2.05) is 0 Å². The number of pyridine rings is 1. The Morgan fingerprint density at radius 1 is 1.21 bits per heavy atom. The first-order valence-corrected chi connectivity index (χ1v) is 10.7. The molecule has 1 aliphatic heterocycles. The van der Waals surface area contributed by atoms with Crippen LogP contribution in [-0.2, 0) is 6.42 Å². The highest BCUT2D eigenvalue weighted by molar-refractivity contribution is 5.92. The molecule has 3 aromatic rings. The Labute approximate surface area is 186 Å². The average Bonchev–Trinajstić information content (AvgIpc) is 3.02. The van der Waals surface area contributed by atoms with Crippen LogP contribution in [-0.4, -0.2) is 40.5 Å². The van der Waals surface area contributed by atoms with Crippen molar-refractivity contribution in [1.82, 2.24) is 20.5 Å². The van der Waals surface area contributed by atoms with Crippen molar-refractivity contribution in [2.75, 3.05) is 18.4 Å². The molecule has 10 heteroatoms. The van der Waals surface area contributed by atoms with E-state index in [9.17, 15) is 22.8 Å². The topological polar surface area (TPSA) is 89.4 Å². The number of alkyl halides is 3. The third-order valence-electron chi connectivity index (χ3n) is 6.15. The molecule has 2 aromatic heterocycles. The third kappa shape index (κ3) is 4.04. The molecule has 1 saturated heterocycles. The number of benzene rings is 1. The normalized spacial score (nSPS) is 16.8. The average molecular weight is 456 g/mol. The van der Waals surface area contributed by atoms with Gasteiger partial charge in [0.05, 0.1) is 46.5 Å². The quantitative estimate of drug-likeness (QED) is 0.505. The highest BCUT2D eigenvalue weighted by Gasteiger charge is 2.33. The van der Waals surface area contributed by atoms with E-state index in [1.54, 1.807) is 12.1 Å². The third-order valence-corrected chi connectivity index (χ3v) is 6.15. The Balaban J connectivity index is 1.70. The highest BCUT2D eigenvalue weighted by Crippen LogP contribution is 2.42. The minimum Gasteiger partial charge on any atom is -0.377 e. The van der Waals surface area contributed by atoms with Crippen molar-refractivity contribution >= 4 is 22.2 Å². The molecule has 5 rings (SSSR count). The number of anilines is 1. The molecule has 0 unspecified atom stereocenters. The standard InChI is InChI=1S/C23H20F4N6/c24-22-21-15-3-1-2-12(7-23(25,26)27)20(16(15)4-5-17(21)32-33-22)18-6-13(8-28)19(11-30-18)31-14-9-29-10-14/h4-6,11,14,29,31H,1-3,7,9-10H2,(H,32,33). The van der Waals surface area contributed by atoms with Gasteiger partial charge in [-0.1, -0.05) is 11.6 Å². The van der Waals surface area contributed by atoms with Crippen molar-refractivity contribution in [3.63, 3.8) is 0 Å². The van der Waals surface area contributed by atoms with Gasteiger partial charge in [0.2, 0.25) is 5.95 Å². The summed E-state index contributed by atoms with van der Waals surface area (Å²) in [6.07, 6.45) is -2.97. The summed E-state index contributed by atoms with van der Waals surface area (Å²) in [7, 11) is 0. The van der Waals surface area contributed by atoms with Gasteiger partial charge in [-0.15, -0.1) is 0 Å². The molecule has 3 N–H and O–H groups in total. The van der Waals surface area contributed by atoms with Gasteiger partial charge in [-0.2, -0.15) is 27.9 Å². The van der Waals surface area contributed by atoms with Crippen LogP contribution < -0.4 is 10.6 Å². The van der Waals surface area contributed by atoms with Crippen molar-refractivity contribution in [3.05, 3.63) is 58.3 Å². The summed E-state index contributed by atoms with van der Waals surface area (Å²) in [6, 6.07) is 7.08. The molecule has 2 aliphatic rings. The largest absolute Gasteiger partial charge is 0.392 e. The van der Waals surface area contributed by atoms with Crippen LogP contribution in [0.25, 0.3) is 16.5 Å². The van der Waals surface area contributed by atoms with Gasteiger partial charge in [0, 0.05) is 18.7 Å². The zero-order chi connectivity index (χ0) is 23.2. The van der Waals surface area contributed by atoms with Crippen LogP contribution in [0.2, 0.25) is 0 Å². The molecule has 170 valence electrons. The van der Waals surface area contributed by atoms with Gasteiger partial charge in [0.25, 0.3) is 0 Å². The molecule has 0 saturated carbocycles. The van der Waals surface area contributed by atoms with Crippen LogP contribution >= 0.6 is 0 Å². The van der Waals surface area contributed by atoms with Crippen LogP contribution in [0.4, 0.5) is 23.2 Å². The molecule has 0 amide bonds. The summed E-state index contributed by atoms with van der Waals surface area (Å²) in [4.78, 5) is 4.46. The molecule has 33 heavy (non-hydrogen) atoms. The Hall–Kier alpha value is -3.45. The lowest BCUT2D eigenvalue weighted by atomic mass is 9.90. The van der Waals surface area contributed by atoms with Crippen molar-refractivity contribution in [3.8, 4) is 6.07 Å². The van der Waals surface area contributed by atoms with Crippen molar-refractivity contribution < 1.29 is 17.6 Å². The minimum atomic E-state index is -4.41. The highest BCUT2D eigenvalue weighted by atomic mass is 19.4. The van der Waals surface area contributed by atoms with E-state index in [0.717, 1.165) is 13.1 Å². The van der Waals surface area contributed by atoms with E-state index in [2.05, 4.69) is 31.9 Å². The lowest BCUT2D eigenvalue weighted by Gasteiger charge is -2.29. The monoisotopic (exact) mass is 456 g/mol. The molecule has 6 nitrogen and oxygen atoms in total. The van der Waals surface area contributed by atoms with Gasteiger partial charge in [0.15, 0.2) is 0 Å². The van der Waals surface area contributed by atoms with Gasteiger partial charge in [-0.25, -0.2) is 0 Å². The summed E-state index contributed by atoms with van der Waals surface area (Å²) < 4.78 is 55.0. The number of rotatable bonds is 4. The molecule has 1 aromatic carbocycles. The van der Waals surface area contributed by atoms with Gasteiger partial charge < -0.3 is 10.6 Å². The van der Waals surface area contributed by atoms with Crippen LogP contribution in [0.3, 0.4) is 0 Å². The molecule has 3 heterocycles. The van der Waals surface area contributed by atoms with E-state index < -0.39 is 18.5 Å². The Bertz CT molecular complexity index is 1300. The number of nitrogens with one attached hydrogen (secondary N) is 3. The summed E-state index contributed by atoms with van der Waals surface area (Å²) in [5.74, 6) is -0.611.